The van der Waals surface area contributed by atoms with Gasteiger partial charge in [-0.3, -0.25) is 4.79 Å². The number of benzene rings is 2. The monoisotopic (exact) mass is 511 g/mol. The van der Waals surface area contributed by atoms with Gasteiger partial charge in [-0.1, -0.05) is 41.3 Å². The molecule has 1 aromatic heterocycles. The molecular weight excluding hydrogens is 490 g/mol. The molecule has 131 valence electrons. The van der Waals surface area contributed by atoms with Crippen molar-refractivity contribution in [2.24, 2.45) is 0 Å². The third kappa shape index (κ3) is 5.93. The van der Waals surface area contributed by atoms with Gasteiger partial charge in [0.25, 0.3) is 0 Å². The Labute approximate surface area is 161 Å². The van der Waals surface area contributed by atoms with E-state index in [0.717, 1.165) is 11.3 Å². The Bertz CT molecular complexity index is 878. The first-order chi connectivity index (χ1) is 11.5. The smallest absolute Gasteiger partial charge is 0.155 e. The second-order valence-corrected chi connectivity index (χ2v) is 5.51. The van der Waals surface area contributed by atoms with Crippen LogP contribution < -0.4 is 0 Å². The molecule has 25 heavy (non-hydrogen) atoms. The number of aliphatic hydroxyl groups excluding tert-OH is 1. The Balaban J connectivity index is 0.000000339. The molecule has 3 aromatic rings. The number of hydrogen-bond donors (Lipinski definition) is 1. The summed E-state index contributed by atoms with van der Waals surface area (Å²) in [7, 11) is 0. The van der Waals surface area contributed by atoms with Crippen molar-refractivity contribution in [3.05, 3.63) is 78.2 Å². The minimum atomic E-state index is -0.125. The molecule has 4 heteroatoms. The molecule has 0 aliphatic rings. The van der Waals surface area contributed by atoms with E-state index in [1.54, 1.807) is 0 Å². The zero-order chi connectivity index (χ0) is 17.5. The number of aliphatic hydroxyl groups is 1. The molecule has 1 heterocycles. The third-order valence-corrected chi connectivity index (χ3v) is 3.38. The van der Waals surface area contributed by atoms with Gasteiger partial charge in [-0.25, -0.2) is 0 Å². The first-order valence-corrected chi connectivity index (χ1v) is 7.68. The Hall–Kier alpha value is -2.29. The number of carbonyl (C=O) groups is 1. The fourth-order valence-corrected chi connectivity index (χ4v) is 2.40. The van der Waals surface area contributed by atoms with Crippen molar-refractivity contribution in [1.29, 1.82) is 0 Å². The van der Waals surface area contributed by atoms with Crippen LogP contribution in [0.5, 0.6) is 0 Å². The van der Waals surface area contributed by atoms with Gasteiger partial charge >= 0.3 is 0 Å². The van der Waals surface area contributed by atoms with E-state index >= 15 is 0 Å². The predicted molar refractivity (Wildman–Crippen MR) is 97.8 cm³/mol. The molecule has 0 saturated carbocycles. The van der Waals surface area contributed by atoms with Gasteiger partial charge in [0.05, 0.1) is 5.76 Å². The molecule has 0 unspecified atom stereocenters. The topological polar surface area (TPSA) is 50.2 Å². The van der Waals surface area contributed by atoms with Crippen LogP contribution in [0.25, 0.3) is 22.0 Å². The van der Waals surface area contributed by atoms with Crippen LogP contribution in [-0.4, -0.2) is 15.9 Å². The third-order valence-electron chi connectivity index (χ3n) is 3.38. The Morgan fingerprint density at radius 2 is 1.84 bits per heavy atom. The number of allylic oxidation sites excluding steroid dienone is 2. The van der Waals surface area contributed by atoms with Crippen LogP contribution in [0.15, 0.2) is 66.6 Å². The van der Waals surface area contributed by atoms with Gasteiger partial charge in [0.2, 0.25) is 0 Å². The van der Waals surface area contributed by atoms with E-state index in [0.29, 0.717) is 0 Å². The molecule has 0 amide bonds. The molecule has 3 nitrogen and oxygen atoms in total. The summed E-state index contributed by atoms with van der Waals surface area (Å²) < 4.78 is 0. The maximum atomic E-state index is 10.0. The van der Waals surface area contributed by atoms with Gasteiger partial charge < -0.3 is 10.1 Å². The number of ketones is 1. The van der Waals surface area contributed by atoms with Gasteiger partial charge in [0.1, 0.15) is 0 Å². The maximum Gasteiger partial charge on any atom is 0.155 e. The Kier molecular flexibility index (Phi) is 8.20. The summed E-state index contributed by atoms with van der Waals surface area (Å²) in [5, 5.41) is 10.8. The number of hydrogen-bond acceptors (Lipinski definition) is 3. The second-order valence-electron chi connectivity index (χ2n) is 5.51. The molecule has 1 radical (unpaired) electrons. The summed E-state index contributed by atoms with van der Waals surface area (Å²) in [6.45, 7) is 4.93. The number of carbonyl (C=O) groups excluding carboxylic acids is 1. The van der Waals surface area contributed by atoms with Crippen molar-refractivity contribution in [3.63, 3.8) is 0 Å². The van der Waals surface area contributed by atoms with E-state index in [2.05, 4.69) is 54.4 Å². The fourth-order valence-electron chi connectivity index (χ4n) is 2.40. The van der Waals surface area contributed by atoms with E-state index in [1.165, 1.54) is 36.3 Å². The number of aromatic nitrogens is 1. The summed E-state index contributed by atoms with van der Waals surface area (Å²) >= 11 is 0. The number of fused-ring (bicyclic) bond motifs is 1. The first-order valence-electron chi connectivity index (χ1n) is 7.68. The number of aryl methyl sites for hydroxylation is 1. The zero-order valence-electron chi connectivity index (χ0n) is 14.4. The average molecular weight is 511 g/mol. The van der Waals surface area contributed by atoms with Crippen LogP contribution in [0, 0.1) is 13.0 Å². The normalized spacial score (nSPS) is 10.4. The van der Waals surface area contributed by atoms with Crippen LogP contribution in [0.1, 0.15) is 19.4 Å². The van der Waals surface area contributed by atoms with Crippen LogP contribution in [-0.2, 0) is 24.9 Å². The number of pyridine rings is 1. The van der Waals surface area contributed by atoms with E-state index in [-0.39, 0.29) is 31.6 Å². The summed E-state index contributed by atoms with van der Waals surface area (Å²) in [5.41, 5.74) is 3.28. The fraction of sp³-hybridized carbons (Fsp3) is 0.143. The van der Waals surface area contributed by atoms with E-state index in [9.17, 15) is 4.79 Å². The largest absolute Gasteiger partial charge is 0.512 e. The van der Waals surface area contributed by atoms with Gasteiger partial charge in [0, 0.05) is 32.4 Å². The standard InChI is InChI=1S/C16H12N.C5H8O2.Ir/c1-12-6-5-11-17-16(12)15-10-4-8-13-7-2-3-9-14(13)15;1-4(6)3-5(2)7;/h2-9,11H,1H3;3,6H,1-2H3;/q-1;;/b;4-3-;. The summed E-state index contributed by atoms with van der Waals surface area (Å²) in [6.07, 6.45) is 3.00. The Morgan fingerprint density at radius 1 is 1.12 bits per heavy atom. The number of nitrogens with zero attached hydrogens (tertiary/aromatic N) is 1. The zero-order valence-corrected chi connectivity index (χ0v) is 16.8. The van der Waals surface area contributed by atoms with Crippen molar-refractivity contribution in [2.45, 2.75) is 20.8 Å². The van der Waals surface area contributed by atoms with E-state index in [1.807, 2.05) is 18.3 Å². The molecule has 0 aliphatic heterocycles. The molecule has 0 fully saturated rings. The number of rotatable bonds is 2. The minimum absolute atomic E-state index is 0. The quantitative estimate of drug-likeness (QED) is 0.298. The molecule has 0 spiro atoms. The van der Waals surface area contributed by atoms with E-state index in [4.69, 9.17) is 5.11 Å². The molecule has 2 aromatic carbocycles. The SMILES string of the molecule is CC(=O)/C=C(/C)O.Cc1cccnc1-c1[c-]ccc2ccccc12.[Ir]. The van der Waals surface area contributed by atoms with Crippen molar-refractivity contribution >= 4 is 16.6 Å². The van der Waals surface area contributed by atoms with Crippen LogP contribution in [0.4, 0.5) is 0 Å². The predicted octanol–water partition coefficient (Wildman–Crippen LogP) is 5.05. The van der Waals surface area contributed by atoms with Gasteiger partial charge in [0.15, 0.2) is 5.78 Å². The molecule has 0 aliphatic carbocycles. The molecule has 0 saturated heterocycles. The molecule has 3 rings (SSSR count). The van der Waals surface area contributed by atoms with Crippen LogP contribution in [0.3, 0.4) is 0 Å². The Morgan fingerprint density at radius 3 is 2.44 bits per heavy atom. The van der Waals surface area contributed by atoms with Crippen LogP contribution >= 0.6 is 0 Å². The van der Waals surface area contributed by atoms with Crippen molar-refractivity contribution in [3.8, 4) is 11.3 Å². The summed E-state index contributed by atoms with van der Waals surface area (Å²) in [6, 6.07) is 19.7. The average Bonchev–Trinajstić information content (AvgIpc) is 2.54. The summed E-state index contributed by atoms with van der Waals surface area (Å²) in [4.78, 5) is 14.5. The first kappa shape index (κ1) is 20.8. The molecular formula is C21H20IrNO2-. The minimum Gasteiger partial charge on any atom is -0.512 e. The van der Waals surface area contributed by atoms with Crippen molar-refractivity contribution in [2.75, 3.05) is 0 Å². The van der Waals surface area contributed by atoms with E-state index < -0.39 is 0 Å². The second kappa shape index (κ2) is 9.87. The summed E-state index contributed by atoms with van der Waals surface area (Å²) in [5.74, 6) is -0.0625. The molecule has 1 N–H and O–H groups in total. The van der Waals surface area contributed by atoms with Gasteiger partial charge in [-0.2, -0.15) is 0 Å². The maximum absolute atomic E-state index is 10.0. The molecule has 0 bridgehead atoms. The van der Waals surface area contributed by atoms with Gasteiger partial charge in [-0.05, 0) is 32.5 Å². The molecule has 0 atom stereocenters. The van der Waals surface area contributed by atoms with Crippen molar-refractivity contribution in [1.82, 2.24) is 4.98 Å². The van der Waals surface area contributed by atoms with Crippen molar-refractivity contribution < 1.29 is 30.0 Å². The van der Waals surface area contributed by atoms with Gasteiger partial charge in [-0.15, -0.1) is 29.1 Å². The van der Waals surface area contributed by atoms with Crippen LogP contribution in [0.2, 0.25) is 0 Å².